The zero-order valence-electron chi connectivity index (χ0n) is 22.7. The molecule has 0 bridgehead atoms. The van der Waals surface area contributed by atoms with Gasteiger partial charge in [0.25, 0.3) is 0 Å². The van der Waals surface area contributed by atoms with Gasteiger partial charge in [-0.1, -0.05) is 30.4 Å². The third-order valence-electron chi connectivity index (χ3n) is 6.51. The Morgan fingerprint density at radius 2 is 1.60 bits per heavy atom. The minimum absolute atomic E-state index is 0.0421. The van der Waals surface area contributed by atoms with Crippen LogP contribution >= 0.6 is 0 Å². The smallest absolute Gasteiger partial charge is 0.323 e. The van der Waals surface area contributed by atoms with Crippen molar-refractivity contribution >= 4 is 35.0 Å². The minimum Gasteiger partial charge on any atom is -0.494 e. The van der Waals surface area contributed by atoms with Crippen molar-refractivity contribution in [2.45, 2.75) is 38.6 Å². The zero-order chi connectivity index (χ0) is 30.1. The van der Waals surface area contributed by atoms with Crippen molar-refractivity contribution in [1.29, 1.82) is 0 Å². The van der Waals surface area contributed by atoms with Crippen molar-refractivity contribution in [1.82, 2.24) is 4.57 Å². The number of aryl methyl sites for hydroxylation is 1. The van der Waals surface area contributed by atoms with Crippen LogP contribution in [0, 0.1) is 17.5 Å². The second kappa shape index (κ2) is 14.2. The molecule has 42 heavy (non-hydrogen) atoms. The van der Waals surface area contributed by atoms with Gasteiger partial charge < -0.3 is 24.3 Å². The second-order valence-electron chi connectivity index (χ2n) is 9.67. The van der Waals surface area contributed by atoms with E-state index in [1.54, 1.807) is 35.0 Å². The highest BCUT2D eigenvalue weighted by molar-refractivity contribution is 5.94. The zero-order valence-corrected chi connectivity index (χ0v) is 22.7. The van der Waals surface area contributed by atoms with Crippen LogP contribution in [0.4, 0.5) is 13.2 Å². The lowest BCUT2D eigenvalue weighted by Crippen LogP contribution is -2.08. The monoisotopic (exact) mass is 581 g/mol. The number of nitrogens with zero attached hydrogens (tertiary/aromatic N) is 1. The summed E-state index contributed by atoms with van der Waals surface area (Å²) < 4.78 is 54.0. The Labute approximate surface area is 240 Å². The third kappa shape index (κ3) is 8.15. The first-order valence-corrected chi connectivity index (χ1v) is 13.4. The highest BCUT2D eigenvalue weighted by Gasteiger charge is 2.15. The number of halogens is 3. The summed E-state index contributed by atoms with van der Waals surface area (Å²) in [5.41, 5.74) is 2.56. The molecule has 0 radical (unpaired) electrons. The van der Waals surface area contributed by atoms with E-state index < -0.39 is 29.4 Å². The molecule has 0 spiro atoms. The fourth-order valence-corrected chi connectivity index (χ4v) is 4.57. The summed E-state index contributed by atoms with van der Waals surface area (Å²) in [4.78, 5) is 22.4. The van der Waals surface area contributed by atoms with Crippen LogP contribution in [0.25, 0.3) is 23.1 Å². The molecule has 0 amide bonds. The molecule has 0 aliphatic rings. The van der Waals surface area contributed by atoms with Crippen LogP contribution in [0.15, 0.2) is 60.8 Å². The molecule has 1 aromatic heterocycles. The van der Waals surface area contributed by atoms with Crippen LogP contribution in [-0.4, -0.2) is 39.9 Å². The third-order valence-corrected chi connectivity index (χ3v) is 6.51. The molecule has 0 saturated carbocycles. The Bertz CT molecular complexity index is 1580. The number of ether oxygens (including phenoxy) is 2. The van der Waals surface area contributed by atoms with Gasteiger partial charge in [0.15, 0.2) is 11.6 Å². The van der Waals surface area contributed by atoms with Crippen molar-refractivity contribution in [3.63, 3.8) is 0 Å². The van der Waals surface area contributed by atoms with E-state index in [0.717, 1.165) is 11.6 Å². The molecule has 4 rings (SSSR count). The summed E-state index contributed by atoms with van der Waals surface area (Å²) in [5.74, 6) is -3.90. The van der Waals surface area contributed by atoms with Gasteiger partial charge in [0, 0.05) is 23.6 Å². The molecule has 3 aromatic carbocycles. The molecule has 4 aromatic rings. The molecular weight excluding hydrogens is 551 g/mol. The predicted molar refractivity (Wildman–Crippen MR) is 152 cm³/mol. The standard InChI is InChI=1S/C32H30F3NO6/c33-24-17-22(32-26(18-24)23(5-3-8-29(37)38)19-36(32)20-30(39)40)12-9-21-10-13-25(14-11-21)41-15-1-2-16-42-28-7-4-6-27(34)31(28)35/h4,6-7,9-14,17-19H,1-3,5,8,15-16,20H2,(H,37,38)(H,39,40). The summed E-state index contributed by atoms with van der Waals surface area (Å²) >= 11 is 0. The quantitative estimate of drug-likeness (QED) is 0.116. The first-order valence-electron chi connectivity index (χ1n) is 13.4. The molecule has 220 valence electrons. The number of unbranched alkanes of at least 4 members (excludes halogenated alkanes) is 1. The molecule has 0 unspecified atom stereocenters. The average Bonchev–Trinajstić information content (AvgIpc) is 3.28. The molecule has 0 aliphatic heterocycles. The van der Waals surface area contributed by atoms with Crippen LogP contribution in [0.2, 0.25) is 0 Å². The molecule has 10 heteroatoms. The number of aromatic nitrogens is 1. The van der Waals surface area contributed by atoms with Crippen molar-refractivity contribution in [3.8, 4) is 11.5 Å². The average molecular weight is 582 g/mol. The summed E-state index contributed by atoms with van der Waals surface area (Å²) in [6, 6.07) is 13.7. The number of carboxylic acids is 2. The van der Waals surface area contributed by atoms with Gasteiger partial charge in [-0.05, 0) is 73.2 Å². The van der Waals surface area contributed by atoms with Gasteiger partial charge in [-0.3, -0.25) is 9.59 Å². The summed E-state index contributed by atoms with van der Waals surface area (Å²) in [6.07, 6.45) is 7.05. The first-order chi connectivity index (χ1) is 20.2. The SMILES string of the molecule is O=C(O)CCCc1cn(CC(=O)O)c2c(C=Cc3ccc(OCCCCOc4cccc(F)c4F)cc3)cc(F)cc12. The van der Waals surface area contributed by atoms with Crippen LogP contribution in [0.5, 0.6) is 11.5 Å². The molecule has 0 atom stereocenters. The Morgan fingerprint density at radius 1 is 0.857 bits per heavy atom. The van der Waals surface area contributed by atoms with Gasteiger partial charge in [-0.2, -0.15) is 4.39 Å². The fraction of sp³-hybridized carbons (Fsp3) is 0.250. The Morgan fingerprint density at radius 3 is 2.31 bits per heavy atom. The maximum atomic E-state index is 14.6. The second-order valence-corrected chi connectivity index (χ2v) is 9.67. The van der Waals surface area contributed by atoms with E-state index in [0.29, 0.717) is 60.1 Å². The van der Waals surface area contributed by atoms with E-state index in [2.05, 4.69) is 0 Å². The highest BCUT2D eigenvalue weighted by Crippen LogP contribution is 2.29. The van der Waals surface area contributed by atoms with Crippen molar-refractivity contribution < 1.29 is 42.4 Å². The molecule has 7 nitrogen and oxygen atoms in total. The van der Waals surface area contributed by atoms with Crippen molar-refractivity contribution in [2.24, 2.45) is 0 Å². The Kier molecular flexibility index (Phi) is 10.3. The van der Waals surface area contributed by atoms with Gasteiger partial charge >= 0.3 is 11.9 Å². The molecular formula is C32H30F3NO6. The van der Waals surface area contributed by atoms with E-state index >= 15 is 0 Å². The van der Waals surface area contributed by atoms with Crippen molar-refractivity contribution in [2.75, 3.05) is 13.2 Å². The number of aliphatic carboxylic acids is 2. The number of benzene rings is 3. The number of hydrogen-bond donors (Lipinski definition) is 2. The van der Waals surface area contributed by atoms with Crippen molar-refractivity contribution in [3.05, 3.63) is 94.9 Å². The van der Waals surface area contributed by atoms with Gasteiger partial charge in [0.05, 0.1) is 18.7 Å². The molecule has 0 saturated heterocycles. The van der Waals surface area contributed by atoms with E-state index in [1.807, 2.05) is 12.1 Å². The van der Waals surface area contributed by atoms with E-state index in [4.69, 9.17) is 14.6 Å². The van der Waals surface area contributed by atoms with Gasteiger partial charge in [-0.25, -0.2) is 8.78 Å². The van der Waals surface area contributed by atoms with Crippen LogP contribution < -0.4 is 9.47 Å². The molecule has 2 N–H and O–H groups in total. The summed E-state index contributed by atoms with van der Waals surface area (Å²) in [7, 11) is 0. The summed E-state index contributed by atoms with van der Waals surface area (Å²) in [6.45, 7) is 0.309. The van der Waals surface area contributed by atoms with E-state index in [9.17, 15) is 27.9 Å². The molecule has 1 heterocycles. The number of carboxylic acid groups (broad SMARTS) is 2. The Balaban J connectivity index is 1.37. The summed E-state index contributed by atoms with van der Waals surface area (Å²) in [5, 5.41) is 18.9. The lowest BCUT2D eigenvalue weighted by atomic mass is 10.0. The first kappa shape index (κ1) is 30.2. The number of rotatable bonds is 15. The van der Waals surface area contributed by atoms with E-state index in [-0.39, 0.29) is 25.3 Å². The van der Waals surface area contributed by atoms with Crippen LogP contribution in [0.3, 0.4) is 0 Å². The van der Waals surface area contributed by atoms with Gasteiger partial charge in [0.2, 0.25) is 5.82 Å². The number of hydrogen-bond acceptors (Lipinski definition) is 4. The lowest BCUT2D eigenvalue weighted by molar-refractivity contribution is -0.138. The number of carbonyl (C=O) groups is 2. The maximum absolute atomic E-state index is 14.6. The van der Waals surface area contributed by atoms with Gasteiger partial charge in [-0.15, -0.1) is 0 Å². The normalized spacial score (nSPS) is 11.3. The number of fused-ring (bicyclic) bond motifs is 1. The largest absolute Gasteiger partial charge is 0.494 e. The minimum atomic E-state index is -1.05. The fourth-order valence-electron chi connectivity index (χ4n) is 4.57. The van der Waals surface area contributed by atoms with E-state index in [1.165, 1.54) is 24.3 Å². The maximum Gasteiger partial charge on any atom is 0.323 e. The highest BCUT2D eigenvalue weighted by atomic mass is 19.2. The van der Waals surface area contributed by atoms with Crippen LogP contribution in [-0.2, 0) is 22.6 Å². The Hall–Kier alpha value is -4.73. The molecule has 0 fully saturated rings. The molecule has 0 aliphatic carbocycles. The lowest BCUT2D eigenvalue weighted by Gasteiger charge is -2.09. The predicted octanol–water partition coefficient (Wildman–Crippen LogP) is 6.96. The van der Waals surface area contributed by atoms with Gasteiger partial charge in [0.1, 0.15) is 18.1 Å². The van der Waals surface area contributed by atoms with Crippen LogP contribution in [0.1, 0.15) is 42.4 Å². The topological polar surface area (TPSA) is 98.0 Å².